The van der Waals surface area contributed by atoms with Gasteiger partial charge in [0.25, 0.3) is 0 Å². The minimum atomic E-state index is -3.64. The Morgan fingerprint density at radius 3 is 2.29 bits per heavy atom. The van der Waals surface area contributed by atoms with Gasteiger partial charge in [0.05, 0.1) is 5.02 Å². The third-order valence-corrected chi connectivity index (χ3v) is 5.28. The molecule has 0 saturated carbocycles. The number of sulfonamides is 1. The van der Waals surface area contributed by atoms with Crippen LogP contribution in [0.25, 0.3) is 0 Å². The molecule has 0 fully saturated rings. The molecule has 5 heteroatoms. The van der Waals surface area contributed by atoms with E-state index < -0.39 is 10.0 Å². The molecule has 0 saturated heterocycles. The van der Waals surface area contributed by atoms with Crippen molar-refractivity contribution in [1.82, 2.24) is 4.72 Å². The highest BCUT2D eigenvalue weighted by Crippen LogP contribution is 2.24. The lowest BCUT2D eigenvalue weighted by Gasteiger charge is -2.18. The van der Waals surface area contributed by atoms with E-state index in [9.17, 15) is 8.42 Å². The summed E-state index contributed by atoms with van der Waals surface area (Å²) in [4.78, 5) is 0.109. The van der Waals surface area contributed by atoms with Crippen molar-refractivity contribution in [2.75, 3.05) is 0 Å². The van der Waals surface area contributed by atoms with Gasteiger partial charge < -0.3 is 0 Å². The standard InChI is InChI=1S/C16H18ClNO2S/c1-3-15(13-10-8-12(2)9-11-13)18-21(19,20)16-7-5-4-6-14(16)17/h4-11,15,18H,3H2,1-2H3/t15-/m1/s1. The molecule has 1 atom stereocenters. The van der Waals surface area contributed by atoms with Gasteiger partial charge in [-0.2, -0.15) is 0 Å². The van der Waals surface area contributed by atoms with Crippen LogP contribution in [-0.4, -0.2) is 8.42 Å². The van der Waals surface area contributed by atoms with E-state index in [1.807, 2.05) is 38.1 Å². The molecule has 0 aliphatic carbocycles. The fraction of sp³-hybridized carbons (Fsp3) is 0.250. The Hall–Kier alpha value is -1.36. The summed E-state index contributed by atoms with van der Waals surface area (Å²) in [6.45, 7) is 3.94. The highest BCUT2D eigenvalue weighted by atomic mass is 35.5. The first-order valence-corrected chi connectivity index (χ1v) is 8.63. The maximum absolute atomic E-state index is 12.5. The molecular formula is C16H18ClNO2S. The number of benzene rings is 2. The Morgan fingerprint density at radius 2 is 1.71 bits per heavy atom. The van der Waals surface area contributed by atoms with Crippen LogP contribution in [0.3, 0.4) is 0 Å². The molecule has 0 bridgehead atoms. The lowest BCUT2D eigenvalue weighted by molar-refractivity contribution is 0.550. The second kappa shape index (κ2) is 6.60. The molecule has 21 heavy (non-hydrogen) atoms. The number of rotatable bonds is 5. The number of aryl methyl sites for hydroxylation is 1. The summed E-state index contributed by atoms with van der Waals surface area (Å²) < 4.78 is 27.7. The Bertz CT molecular complexity index is 711. The molecule has 112 valence electrons. The third-order valence-electron chi connectivity index (χ3n) is 3.31. The van der Waals surface area contributed by atoms with E-state index in [2.05, 4.69) is 4.72 Å². The molecule has 2 aromatic rings. The average Bonchev–Trinajstić information content (AvgIpc) is 2.46. The lowest BCUT2D eigenvalue weighted by atomic mass is 10.0. The molecule has 0 unspecified atom stereocenters. The van der Waals surface area contributed by atoms with Gasteiger partial charge in [0.1, 0.15) is 4.90 Å². The van der Waals surface area contributed by atoms with Crippen LogP contribution in [0.1, 0.15) is 30.5 Å². The minimum absolute atomic E-state index is 0.109. The van der Waals surface area contributed by atoms with E-state index in [0.717, 1.165) is 11.1 Å². The largest absolute Gasteiger partial charge is 0.242 e. The molecule has 3 nitrogen and oxygen atoms in total. The quantitative estimate of drug-likeness (QED) is 0.901. The van der Waals surface area contributed by atoms with Crippen LogP contribution in [0.5, 0.6) is 0 Å². The first-order valence-electron chi connectivity index (χ1n) is 6.77. The average molecular weight is 324 g/mol. The Kier molecular flexibility index (Phi) is 5.04. The van der Waals surface area contributed by atoms with Gasteiger partial charge in [-0.1, -0.05) is 60.5 Å². The zero-order chi connectivity index (χ0) is 15.5. The van der Waals surface area contributed by atoms with Crippen LogP contribution in [0, 0.1) is 6.92 Å². The van der Waals surface area contributed by atoms with Crippen molar-refractivity contribution in [3.63, 3.8) is 0 Å². The van der Waals surface area contributed by atoms with E-state index in [1.54, 1.807) is 18.2 Å². The number of hydrogen-bond donors (Lipinski definition) is 1. The van der Waals surface area contributed by atoms with Gasteiger partial charge in [0.15, 0.2) is 0 Å². The Balaban J connectivity index is 2.30. The zero-order valence-corrected chi connectivity index (χ0v) is 13.6. The molecular weight excluding hydrogens is 306 g/mol. The van der Waals surface area contributed by atoms with Gasteiger partial charge >= 0.3 is 0 Å². The molecule has 0 amide bonds. The zero-order valence-electron chi connectivity index (χ0n) is 12.0. The minimum Gasteiger partial charge on any atom is -0.207 e. The lowest BCUT2D eigenvalue weighted by Crippen LogP contribution is -2.28. The summed E-state index contributed by atoms with van der Waals surface area (Å²) in [5.74, 6) is 0. The van der Waals surface area contributed by atoms with Crippen LogP contribution < -0.4 is 4.72 Å². The van der Waals surface area contributed by atoms with Crippen LogP contribution in [0.4, 0.5) is 0 Å². The third kappa shape index (κ3) is 3.84. The summed E-state index contributed by atoms with van der Waals surface area (Å²) in [6.07, 6.45) is 0.659. The first-order chi connectivity index (χ1) is 9.94. The van der Waals surface area contributed by atoms with Crippen molar-refractivity contribution >= 4 is 21.6 Å². The molecule has 0 heterocycles. The number of nitrogens with one attached hydrogen (secondary N) is 1. The second-order valence-electron chi connectivity index (χ2n) is 4.92. The van der Waals surface area contributed by atoms with Crippen LogP contribution in [-0.2, 0) is 10.0 Å². The van der Waals surface area contributed by atoms with Crippen molar-refractivity contribution in [3.05, 3.63) is 64.7 Å². The second-order valence-corrected chi connectivity index (χ2v) is 7.01. The molecule has 0 aliphatic rings. The molecule has 2 rings (SSSR count). The van der Waals surface area contributed by atoms with E-state index in [4.69, 9.17) is 11.6 Å². The summed E-state index contributed by atoms with van der Waals surface area (Å²) in [6, 6.07) is 14.0. The van der Waals surface area contributed by atoms with Gasteiger partial charge in [-0.3, -0.25) is 0 Å². The Labute approximate surface area is 131 Å². The van der Waals surface area contributed by atoms with Crippen molar-refractivity contribution in [3.8, 4) is 0 Å². The number of halogens is 1. The molecule has 0 aromatic heterocycles. The van der Waals surface area contributed by atoms with Crippen molar-refractivity contribution in [2.24, 2.45) is 0 Å². The summed E-state index contributed by atoms with van der Waals surface area (Å²) in [5, 5.41) is 0.226. The fourth-order valence-electron chi connectivity index (χ4n) is 2.10. The highest BCUT2D eigenvalue weighted by molar-refractivity contribution is 7.89. The van der Waals surface area contributed by atoms with E-state index >= 15 is 0 Å². The molecule has 0 aliphatic heterocycles. The summed E-state index contributed by atoms with van der Waals surface area (Å²) >= 11 is 5.98. The highest BCUT2D eigenvalue weighted by Gasteiger charge is 2.22. The first kappa shape index (κ1) is 16.0. The summed E-state index contributed by atoms with van der Waals surface area (Å²) in [7, 11) is -3.64. The van der Waals surface area contributed by atoms with Gasteiger partial charge in [-0.25, -0.2) is 13.1 Å². The maximum Gasteiger partial charge on any atom is 0.242 e. The maximum atomic E-state index is 12.5. The van der Waals surface area contributed by atoms with E-state index in [0.29, 0.717) is 6.42 Å². The summed E-state index contributed by atoms with van der Waals surface area (Å²) in [5.41, 5.74) is 2.08. The van der Waals surface area contributed by atoms with E-state index in [1.165, 1.54) is 6.07 Å². The van der Waals surface area contributed by atoms with Crippen LogP contribution in [0.2, 0.25) is 5.02 Å². The fourth-order valence-corrected chi connectivity index (χ4v) is 3.93. The molecule has 0 spiro atoms. The van der Waals surface area contributed by atoms with Gasteiger partial charge in [0.2, 0.25) is 10.0 Å². The number of hydrogen-bond acceptors (Lipinski definition) is 2. The van der Waals surface area contributed by atoms with Gasteiger partial charge in [-0.15, -0.1) is 0 Å². The predicted molar refractivity (Wildman–Crippen MR) is 86.0 cm³/mol. The predicted octanol–water partition coefficient (Wildman–Crippen LogP) is 4.08. The van der Waals surface area contributed by atoms with Crippen LogP contribution >= 0.6 is 11.6 Å². The molecule has 0 radical (unpaired) electrons. The SMILES string of the molecule is CC[C@@H](NS(=O)(=O)c1ccccc1Cl)c1ccc(C)cc1. The molecule has 1 N–H and O–H groups in total. The Morgan fingerprint density at radius 1 is 1.10 bits per heavy atom. The van der Waals surface area contributed by atoms with Crippen LogP contribution in [0.15, 0.2) is 53.4 Å². The smallest absolute Gasteiger partial charge is 0.207 e. The van der Waals surface area contributed by atoms with Gasteiger partial charge in [0, 0.05) is 6.04 Å². The van der Waals surface area contributed by atoms with E-state index in [-0.39, 0.29) is 16.0 Å². The normalized spacial score (nSPS) is 13.1. The topological polar surface area (TPSA) is 46.2 Å². The monoisotopic (exact) mass is 323 g/mol. The molecule has 2 aromatic carbocycles. The van der Waals surface area contributed by atoms with Gasteiger partial charge in [-0.05, 0) is 31.0 Å². The van der Waals surface area contributed by atoms with Crippen molar-refractivity contribution in [1.29, 1.82) is 0 Å². The van der Waals surface area contributed by atoms with Crippen molar-refractivity contribution in [2.45, 2.75) is 31.2 Å². The van der Waals surface area contributed by atoms with Crippen molar-refractivity contribution < 1.29 is 8.42 Å².